The number of nitrogens with two attached hydrogens (primary N) is 1. The molecule has 0 saturated carbocycles. The molecule has 0 aromatic heterocycles. The topological polar surface area (TPSA) is 29.3 Å². The van der Waals surface area contributed by atoms with Gasteiger partial charge >= 0.3 is 0 Å². The Labute approximate surface area is 121 Å². The average Bonchev–Trinajstić information content (AvgIpc) is 2.87. The molecule has 0 radical (unpaired) electrons. The van der Waals surface area contributed by atoms with Crippen LogP contribution in [0.1, 0.15) is 35.6 Å². The van der Waals surface area contributed by atoms with Crippen molar-refractivity contribution in [1.29, 1.82) is 0 Å². The summed E-state index contributed by atoms with van der Waals surface area (Å²) in [5.74, 6) is 0. The summed E-state index contributed by atoms with van der Waals surface area (Å²) in [5.41, 5.74) is 12.0. The molecule has 1 aliphatic heterocycles. The summed E-state index contributed by atoms with van der Waals surface area (Å²) in [7, 11) is 0. The van der Waals surface area contributed by atoms with Crippen LogP contribution in [-0.2, 0) is 0 Å². The van der Waals surface area contributed by atoms with Crippen LogP contribution in [0.2, 0.25) is 0 Å². The number of nitrogen functional groups attached to an aromatic ring is 1. The van der Waals surface area contributed by atoms with Crippen LogP contribution >= 0.6 is 0 Å². The smallest absolute Gasteiger partial charge is 0.0543 e. The van der Waals surface area contributed by atoms with Crippen molar-refractivity contribution < 1.29 is 0 Å². The molecule has 2 heteroatoms. The molecule has 1 unspecified atom stereocenters. The van der Waals surface area contributed by atoms with E-state index in [0.29, 0.717) is 6.04 Å². The molecule has 2 aromatic rings. The van der Waals surface area contributed by atoms with Gasteiger partial charge in [0.05, 0.1) is 6.04 Å². The second-order valence-corrected chi connectivity index (χ2v) is 5.86. The normalized spacial score (nSPS) is 18.5. The Hall–Kier alpha value is -1.96. The van der Waals surface area contributed by atoms with E-state index in [-0.39, 0.29) is 0 Å². The van der Waals surface area contributed by atoms with Gasteiger partial charge in [-0.15, -0.1) is 0 Å². The molecule has 1 heterocycles. The highest BCUT2D eigenvalue weighted by molar-refractivity contribution is 5.54. The Morgan fingerprint density at radius 3 is 2.30 bits per heavy atom. The highest BCUT2D eigenvalue weighted by atomic mass is 15.2. The fourth-order valence-electron chi connectivity index (χ4n) is 3.26. The van der Waals surface area contributed by atoms with Crippen molar-refractivity contribution in [3.05, 3.63) is 59.2 Å². The first kappa shape index (κ1) is 13.0. The molecule has 0 bridgehead atoms. The van der Waals surface area contributed by atoms with Crippen molar-refractivity contribution in [2.75, 3.05) is 17.2 Å². The highest BCUT2D eigenvalue weighted by Gasteiger charge is 2.26. The summed E-state index contributed by atoms with van der Waals surface area (Å²) >= 11 is 0. The van der Waals surface area contributed by atoms with E-state index in [2.05, 4.69) is 49.1 Å². The monoisotopic (exact) mass is 266 g/mol. The van der Waals surface area contributed by atoms with Crippen molar-refractivity contribution in [1.82, 2.24) is 0 Å². The van der Waals surface area contributed by atoms with Crippen molar-refractivity contribution in [3.63, 3.8) is 0 Å². The van der Waals surface area contributed by atoms with Gasteiger partial charge in [-0.1, -0.05) is 18.2 Å². The molecule has 1 aliphatic rings. The summed E-state index contributed by atoms with van der Waals surface area (Å²) in [5, 5.41) is 0. The van der Waals surface area contributed by atoms with E-state index in [9.17, 15) is 0 Å². The van der Waals surface area contributed by atoms with Crippen molar-refractivity contribution in [2.24, 2.45) is 0 Å². The number of anilines is 2. The molecule has 2 nitrogen and oxygen atoms in total. The first-order valence-electron chi connectivity index (χ1n) is 7.34. The second-order valence-electron chi connectivity index (χ2n) is 5.86. The second kappa shape index (κ2) is 5.20. The Morgan fingerprint density at radius 2 is 1.65 bits per heavy atom. The van der Waals surface area contributed by atoms with Gasteiger partial charge in [0.1, 0.15) is 0 Å². The third kappa shape index (κ3) is 2.51. The molecule has 0 spiro atoms. The van der Waals surface area contributed by atoms with Crippen LogP contribution in [0.4, 0.5) is 11.4 Å². The molecule has 1 saturated heterocycles. The lowest BCUT2D eigenvalue weighted by atomic mass is 10.0. The Bertz CT molecular complexity index is 581. The lowest BCUT2D eigenvalue weighted by molar-refractivity contribution is 0.719. The molecule has 3 rings (SSSR count). The summed E-state index contributed by atoms with van der Waals surface area (Å²) in [6.07, 6.45) is 2.47. The standard InChI is InChI=1S/C18H22N2/c1-13-10-14(2)12-17(11-13)20-9-3-4-18(20)15-5-7-16(19)8-6-15/h5-8,10-12,18H,3-4,9,19H2,1-2H3. The zero-order valence-electron chi connectivity index (χ0n) is 12.3. The number of nitrogens with zero attached hydrogens (tertiary/aromatic N) is 1. The van der Waals surface area contributed by atoms with Gasteiger partial charge in [-0.05, 0) is 67.6 Å². The largest absolute Gasteiger partial charge is 0.399 e. The zero-order chi connectivity index (χ0) is 14.1. The Kier molecular flexibility index (Phi) is 3.39. The minimum Gasteiger partial charge on any atom is -0.399 e. The molecule has 1 atom stereocenters. The predicted molar refractivity (Wildman–Crippen MR) is 86.1 cm³/mol. The first-order chi connectivity index (χ1) is 9.63. The van der Waals surface area contributed by atoms with Crippen LogP contribution in [0, 0.1) is 13.8 Å². The van der Waals surface area contributed by atoms with Gasteiger partial charge in [0.2, 0.25) is 0 Å². The predicted octanol–water partition coefficient (Wildman–Crippen LogP) is 4.23. The van der Waals surface area contributed by atoms with E-state index in [1.165, 1.54) is 35.2 Å². The number of hydrogen-bond donors (Lipinski definition) is 1. The highest BCUT2D eigenvalue weighted by Crippen LogP contribution is 2.36. The molecular formula is C18H22N2. The van der Waals surface area contributed by atoms with Crippen molar-refractivity contribution >= 4 is 11.4 Å². The molecular weight excluding hydrogens is 244 g/mol. The molecule has 0 aliphatic carbocycles. The quantitative estimate of drug-likeness (QED) is 0.824. The number of benzene rings is 2. The molecule has 2 N–H and O–H groups in total. The van der Waals surface area contributed by atoms with E-state index in [0.717, 1.165) is 12.2 Å². The van der Waals surface area contributed by atoms with Crippen LogP contribution < -0.4 is 10.6 Å². The average molecular weight is 266 g/mol. The Balaban J connectivity index is 1.94. The number of aryl methyl sites for hydroxylation is 2. The molecule has 0 amide bonds. The third-order valence-corrected chi connectivity index (χ3v) is 4.11. The van der Waals surface area contributed by atoms with Gasteiger partial charge < -0.3 is 10.6 Å². The van der Waals surface area contributed by atoms with Gasteiger partial charge in [-0.3, -0.25) is 0 Å². The first-order valence-corrected chi connectivity index (χ1v) is 7.34. The minimum absolute atomic E-state index is 0.483. The van der Waals surface area contributed by atoms with Gasteiger partial charge in [0, 0.05) is 17.9 Å². The van der Waals surface area contributed by atoms with Crippen LogP contribution in [0.3, 0.4) is 0 Å². The maximum Gasteiger partial charge on any atom is 0.0543 e. The van der Waals surface area contributed by atoms with Crippen LogP contribution in [-0.4, -0.2) is 6.54 Å². The van der Waals surface area contributed by atoms with E-state index in [1.807, 2.05) is 12.1 Å². The van der Waals surface area contributed by atoms with E-state index >= 15 is 0 Å². The van der Waals surface area contributed by atoms with Gasteiger partial charge in [-0.25, -0.2) is 0 Å². The van der Waals surface area contributed by atoms with Gasteiger partial charge in [0.15, 0.2) is 0 Å². The van der Waals surface area contributed by atoms with E-state index in [1.54, 1.807) is 0 Å². The third-order valence-electron chi connectivity index (χ3n) is 4.11. The number of rotatable bonds is 2. The van der Waals surface area contributed by atoms with Crippen LogP contribution in [0.15, 0.2) is 42.5 Å². The fraction of sp³-hybridized carbons (Fsp3) is 0.333. The molecule has 2 aromatic carbocycles. The van der Waals surface area contributed by atoms with Crippen molar-refractivity contribution in [2.45, 2.75) is 32.7 Å². The molecule has 104 valence electrons. The molecule has 20 heavy (non-hydrogen) atoms. The lowest BCUT2D eigenvalue weighted by Crippen LogP contribution is -2.22. The summed E-state index contributed by atoms with van der Waals surface area (Å²) in [6, 6.07) is 15.7. The van der Waals surface area contributed by atoms with Crippen LogP contribution in [0.25, 0.3) is 0 Å². The zero-order valence-corrected chi connectivity index (χ0v) is 12.3. The lowest BCUT2D eigenvalue weighted by Gasteiger charge is -2.28. The van der Waals surface area contributed by atoms with Gasteiger partial charge in [0.25, 0.3) is 0 Å². The summed E-state index contributed by atoms with van der Waals surface area (Å²) in [6.45, 7) is 5.48. The van der Waals surface area contributed by atoms with E-state index < -0.39 is 0 Å². The molecule has 1 fully saturated rings. The fourth-order valence-corrected chi connectivity index (χ4v) is 3.26. The Morgan fingerprint density at radius 1 is 1.00 bits per heavy atom. The summed E-state index contributed by atoms with van der Waals surface area (Å²) in [4.78, 5) is 2.53. The maximum atomic E-state index is 5.80. The van der Waals surface area contributed by atoms with Crippen LogP contribution in [0.5, 0.6) is 0 Å². The van der Waals surface area contributed by atoms with E-state index in [4.69, 9.17) is 5.73 Å². The SMILES string of the molecule is Cc1cc(C)cc(N2CCCC2c2ccc(N)cc2)c1. The van der Waals surface area contributed by atoms with Crippen molar-refractivity contribution in [3.8, 4) is 0 Å². The number of hydrogen-bond acceptors (Lipinski definition) is 2. The minimum atomic E-state index is 0.483. The van der Waals surface area contributed by atoms with Gasteiger partial charge in [-0.2, -0.15) is 0 Å². The summed E-state index contributed by atoms with van der Waals surface area (Å²) < 4.78 is 0. The maximum absolute atomic E-state index is 5.80.